The molecule has 0 saturated carbocycles. The lowest BCUT2D eigenvalue weighted by Gasteiger charge is -1.95. The SMILES string of the molecule is O=c1oc2c3cc(F)cc(F)c3c3cccc1n32. The number of oxazole rings is 1. The first-order chi connectivity index (χ1) is 8.66. The molecular weight excluding hydrogens is 240 g/mol. The monoisotopic (exact) mass is 245 g/mol. The van der Waals surface area contributed by atoms with Gasteiger partial charge in [-0.1, -0.05) is 6.07 Å². The summed E-state index contributed by atoms with van der Waals surface area (Å²) in [5.74, 6) is -1.36. The topological polar surface area (TPSA) is 34.6 Å². The Kier molecular flexibility index (Phi) is 1.53. The van der Waals surface area contributed by atoms with Crippen LogP contribution in [0.15, 0.2) is 39.5 Å². The number of hydrogen-bond donors (Lipinski definition) is 0. The van der Waals surface area contributed by atoms with Crippen LogP contribution in [0.2, 0.25) is 0 Å². The third-order valence-electron chi connectivity index (χ3n) is 3.13. The van der Waals surface area contributed by atoms with Gasteiger partial charge in [0.15, 0.2) is 0 Å². The van der Waals surface area contributed by atoms with E-state index in [4.69, 9.17) is 4.42 Å². The lowest BCUT2D eigenvalue weighted by Crippen LogP contribution is -1.94. The zero-order chi connectivity index (χ0) is 12.4. The molecule has 0 N–H and O–H groups in total. The standard InChI is InChI=1S/C13H5F2NO2/c14-6-4-7-11(8(15)5-6)9-2-1-3-10-13(17)18-12(7)16(9)10/h1-5H. The van der Waals surface area contributed by atoms with Crippen LogP contribution < -0.4 is 5.63 Å². The van der Waals surface area contributed by atoms with Crippen molar-refractivity contribution in [3.63, 3.8) is 0 Å². The highest BCUT2D eigenvalue weighted by atomic mass is 19.1. The van der Waals surface area contributed by atoms with Crippen molar-refractivity contribution in [3.8, 4) is 0 Å². The van der Waals surface area contributed by atoms with E-state index in [2.05, 4.69) is 0 Å². The molecule has 0 spiro atoms. The van der Waals surface area contributed by atoms with Crippen molar-refractivity contribution in [1.82, 2.24) is 4.40 Å². The Morgan fingerprint density at radius 2 is 1.89 bits per heavy atom. The van der Waals surface area contributed by atoms with Crippen LogP contribution in [0.3, 0.4) is 0 Å². The molecule has 0 unspecified atom stereocenters. The van der Waals surface area contributed by atoms with E-state index in [9.17, 15) is 13.6 Å². The maximum Gasteiger partial charge on any atom is 0.362 e. The molecule has 0 aliphatic carbocycles. The first-order valence-electron chi connectivity index (χ1n) is 5.31. The summed E-state index contributed by atoms with van der Waals surface area (Å²) in [7, 11) is 0. The van der Waals surface area contributed by atoms with Gasteiger partial charge in [-0.25, -0.2) is 13.6 Å². The number of fused-ring (bicyclic) bond motifs is 3. The molecule has 4 aromatic rings. The maximum absolute atomic E-state index is 13.8. The van der Waals surface area contributed by atoms with Crippen LogP contribution in [0.1, 0.15) is 0 Å². The Labute approximate surface area is 98.2 Å². The molecular formula is C13H5F2NO2. The molecule has 5 heteroatoms. The van der Waals surface area contributed by atoms with E-state index in [1.807, 2.05) is 0 Å². The third kappa shape index (κ3) is 0.948. The molecule has 3 aromatic heterocycles. The highest BCUT2D eigenvalue weighted by Gasteiger charge is 2.19. The van der Waals surface area contributed by atoms with Crippen molar-refractivity contribution in [2.75, 3.05) is 0 Å². The summed E-state index contributed by atoms with van der Waals surface area (Å²) in [5.41, 5.74) is 0.487. The Hall–Kier alpha value is -2.43. The summed E-state index contributed by atoms with van der Waals surface area (Å²) < 4.78 is 33.7. The third-order valence-corrected chi connectivity index (χ3v) is 3.13. The van der Waals surface area contributed by atoms with Crippen LogP contribution in [0.4, 0.5) is 8.78 Å². The van der Waals surface area contributed by atoms with Gasteiger partial charge in [-0.2, -0.15) is 0 Å². The number of halogens is 2. The number of pyridine rings is 1. The lowest BCUT2D eigenvalue weighted by molar-refractivity contribution is 0.573. The summed E-state index contributed by atoms with van der Waals surface area (Å²) >= 11 is 0. The first kappa shape index (κ1) is 9.58. The second-order valence-corrected chi connectivity index (χ2v) is 4.14. The molecule has 0 aliphatic rings. The van der Waals surface area contributed by atoms with Gasteiger partial charge in [-0.05, 0) is 18.2 Å². The molecule has 0 amide bonds. The Bertz CT molecular complexity index is 968. The van der Waals surface area contributed by atoms with Gasteiger partial charge in [0.05, 0.1) is 10.9 Å². The largest absolute Gasteiger partial charge is 0.404 e. The normalized spacial score (nSPS) is 12.1. The number of aromatic nitrogens is 1. The van der Waals surface area contributed by atoms with Crippen LogP contribution in [0.25, 0.3) is 27.5 Å². The van der Waals surface area contributed by atoms with Crippen LogP contribution >= 0.6 is 0 Å². The average molecular weight is 245 g/mol. The molecule has 0 radical (unpaired) electrons. The Balaban J connectivity index is 2.49. The Morgan fingerprint density at radius 3 is 2.72 bits per heavy atom. The minimum atomic E-state index is -0.698. The smallest absolute Gasteiger partial charge is 0.362 e. The van der Waals surface area contributed by atoms with Crippen molar-refractivity contribution in [3.05, 3.63) is 52.4 Å². The van der Waals surface area contributed by atoms with Gasteiger partial charge >= 0.3 is 5.63 Å². The van der Waals surface area contributed by atoms with Crippen LogP contribution in [0, 0.1) is 11.6 Å². The van der Waals surface area contributed by atoms with Crippen LogP contribution in [0.5, 0.6) is 0 Å². The molecule has 18 heavy (non-hydrogen) atoms. The average Bonchev–Trinajstić information content (AvgIpc) is 2.81. The first-order valence-corrected chi connectivity index (χ1v) is 5.31. The summed E-state index contributed by atoms with van der Waals surface area (Å²) in [6.45, 7) is 0. The van der Waals surface area contributed by atoms with Gasteiger partial charge in [0.25, 0.3) is 0 Å². The summed E-state index contributed by atoms with van der Waals surface area (Å²) in [5, 5.41) is 0.534. The predicted molar refractivity (Wildman–Crippen MR) is 62.0 cm³/mol. The second kappa shape index (κ2) is 2.87. The molecule has 88 valence electrons. The molecule has 0 aliphatic heterocycles. The van der Waals surface area contributed by atoms with E-state index < -0.39 is 17.3 Å². The van der Waals surface area contributed by atoms with Crippen LogP contribution in [-0.2, 0) is 0 Å². The zero-order valence-electron chi connectivity index (χ0n) is 8.91. The maximum atomic E-state index is 13.8. The van der Waals surface area contributed by atoms with Crippen molar-refractivity contribution < 1.29 is 13.2 Å². The summed E-state index contributed by atoms with van der Waals surface area (Å²) in [4.78, 5) is 11.6. The number of rotatable bonds is 0. The zero-order valence-corrected chi connectivity index (χ0v) is 8.91. The number of nitrogens with zero attached hydrogens (tertiary/aromatic N) is 1. The predicted octanol–water partition coefficient (Wildman–Crippen LogP) is 2.91. The van der Waals surface area contributed by atoms with Crippen molar-refractivity contribution in [2.45, 2.75) is 0 Å². The van der Waals surface area contributed by atoms with Gasteiger partial charge in [0.2, 0.25) is 5.71 Å². The van der Waals surface area contributed by atoms with Crippen molar-refractivity contribution >= 4 is 27.5 Å². The molecule has 0 atom stereocenters. The van der Waals surface area contributed by atoms with Gasteiger partial charge in [0, 0.05) is 11.5 Å². The Morgan fingerprint density at radius 1 is 1.11 bits per heavy atom. The van der Waals surface area contributed by atoms with Gasteiger partial charge in [0.1, 0.15) is 17.2 Å². The fourth-order valence-electron chi connectivity index (χ4n) is 2.45. The van der Waals surface area contributed by atoms with Crippen LogP contribution in [-0.4, -0.2) is 4.40 Å². The van der Waals surface area contributed by atoms with E-state index in [0.717, 1.165) is 6.07 Å². The fourth-order valence-corrected chi connectivity index (χ4v) is 2.45. The van der Waals surface area contributed by atoms with E-state index in [0.29, 0.717) is 11.0 Å². The second-order valence-electron chi connectivity index (χ2n) is 4.14. The lowest BCUT2D eigenvalue weighted by atomic mass is 10.2. The fraction of sp³-hybridized carbons (Fsp3) is 0. The molecule has 3 nitrogen and oxygen atoms in total. The molecule has 3 heterocycles. The summed E-state index contributed by atoms with van der Waals surface area (Å²) in [6, 6.07) is 6.88. The quantitative estimate of drug-likeness (QED) is 0.477. The van der Waals surface area contributed by atoms with Crippen molar-refractivity contribution in [2.24, 2.45) is 0 Å². The molecule has 1 aromatic carbocycles. The van der Waals surface area contributed by atoms with E-state index in [1.54, 1.807) is 18.2 Å². The van der Waals surface area contributed by atoms with E-state index >= 15 is 0 Å². The van der Waals surface area contributed by atoms with Gasteiger partial charge in [-0.3, -0.25) is 4.40 Å². The highest BCUT2D eigenvalue weighted by Crippen LogP contribution is 2.32. The molecule has 4 rings (SSSR count). The minimum absolute atomic E-state index is 0.180. The number of hydrogen-bond acceptors (Lipinski definition) is 2. The van der Waals surface area contributed by atoms with E-state index in [1.165, 1.54) is 10.5 Å². The molecule has 0 bridgehead atoms. The number of benzene rings is 1. The minimum Gasteiger partial charge on any atom is -0.404 e. The van der Waals surface area contributed by atoms with Gasteiger partial charge < -0.3 is 4.42 Å². The van der Waals surface area contributed by atoms with Gasteiger partial charge in [-0.15, -0.1) is 0 Å². The highest BCUT2D eigenvalue weighted by molar-refractivity contribution is 6.07. The summed E-state index contributed by atoms with van der Waals surface area (Å²) in [6.07, 6.45) is 0. The van der Waals surface area contributed by atoms with E-state index in [-0.39, 0.29) is 16.5 Å². The molecule has 0 fully saturated rings. The van der Waals surface area contributed by atoms with Crippen molar-refractivity contribution in [1.29, 1.82) is 0 Å². The molecule has 0 saturated heterocycles.